The number of rotatable bonds is 5. The Kier molecular flexibility index (Phi) is 3.89. The predicted molar refractivity (Wildman–Crippen MR) is 88.3 cm³/mol. The molecule has 0 aliphatic heterocycles. The van der Waals surface area contributed by atoms with Gasteiger partial charge in [0.15, 0.2) is 11.5 Å². The van der Waals surface area contributed by atoms with Crippen molar-refractivity contribution in [1.29, 1.82) is 0 Å². The smallest absolute Gasteiger partial charge is 0.356 e. The normalized spacial score (nSPS) is 13.8. The zero-order valence-electron chi connectivity index (χ0n) is 13.0. The molecule has 9 heteroatoms. The number of benzene rings is 1. The van der Waals surface area contributed by atoms with Crippen LogP contribution in [0.25, 0.3) is 11.3 Å². The van der Waals surface area contributed by atoms with E-state index in [-0.39, 0.29) is 17.9 Å². The van der Waals surface area contributed by atoms with E-state index >= 15 is 0 Å². The fraction of sp³-hybridized carbons (Fsp3) is 0.250. The summed E-state index contributed by atoms with van der Waals surface area (Å²) in [6.45, 7) is 0.0930. The van der Waals surface area contributed by atoms with Crippen LogP contribution in [0.2, 0.25) is 5.02 Å². The van der Waals surface area contributed by atoms with E-state index in [0.717, 1.165) is 18.4 Å². The first-order chi connectivity index (χ1) is 12.1. The van der Waals surface area contributed by atoms with Crippen LogP contribution in [0.1, 0.15) is 40.8 Å². The van der Waals surface area contributed by atoms with Crippen LogP contribution in [0.3, 0.4) is 0 Å². The Labute approximate surface area is 147 Å². The molecule has 8 nitrogen and oxygen atoms in total. The Hall–Kier alpha value is -2.87. The minimum atomic E-state index is -1.15. The molecule has 0 amide bonds. The monoisotopic (exact) mass is 356 g/mol. The Balaban J connectivity index is 1.68. The molecule has 1 aliphatic rings. The molecule has 3 aromatic rings. The fourth-order valence-electron chi connectivity index (χ4n) is 2.44. The maximum absolute atomic E-state index is 11.4. The maximum atomic E-state index is 11.4. The summed E-state index contributed by atoms with van der Waals surface area (Å²) in [5, 5.41) is 22.3. The van der Waals surface area contributed by atoms with Crippen molar-refractivity contribution in [2.75, 3.05) is 0 Å². The molecule has 1 N–H and O–H groups in total. The van der Waals surface area contributed by atoms with Crippen molar-refractivity contribution >= 4 is 17.6 Å². The molecule has 2 aromatic heterocycles. The summed E-state index contributed by atoms with van der Waals surface area (Å²) < 4.78 is 0. The molecular weight excluding hydrogens is 344 g/mol. The lowest BCUT2D eigenvalue weighted by Crippen LogP contribution is -2.14. The number of nitrogens with zero attached hydrogens (tertiary/aromatic N) is 6. The van der Waals surface area contributed by atoms with Crippen molar-refractivity contribution in [3.05, 3.63) is 52.7 Å². The van der Waals surface area contributed by atoms with Crippen molar-refractivity contribution < 1.29 is 9.90 Å². The van der Waals surface area contributed by atoms with Crippen LogP contribution in [0.4, 0.5) is 0 Å². The Morgan fingerprint density at radius 3 is 2.72 bits per heavy atom. The standard InChI is InChI=1S/C16H13ClN6O2/c17-11-5-3-9(4-6-11)12-7-18-14(16(24)25)13(19-12)8-23-21-15(20-22-23)10-1-2-10/h3-7,10H,1-2,8H2,(H,24,25). The van der Waals surface area contributed by atoms with Gasteiger partial charge in [0.25, 0.3) is 0 Å². The number of carboxylic acids is 1. The summed E-state index contributed by atoms with van der Waals surface area (Å²) in [4.78, 5) is 21.3. The molecule has 1 aromatic carbocycles. The van der Waals surface area contributed by atoms with Crippen molar-refractivity contribution in [2.24, 2.45) is 0 Å². The summed E-state index contributed by atoms with van der Waals surface area (Å²) in [5.41, 5.74) is 1.50. The van der Waals surface area contributed by atoms with Crippen LogP contribution in [-0.4, -0.2) is 41.3 Å². The van der Waals surface area contributed by atoms with Gasteiger partial charge in [-0.3, -0.25) is 0 Å². The van der Waals surface area contributed by atoms with E-state index in [1.54, 1.807) is 24.3 Å². The highest BCUT2D eigenvalue weighted by molar-refractivity contribution is 6.30. The Bertz CT molecular complexity index is 936. The largest absolute Gasteiger partial charge is 0.476 e. The van der Waals surface area contributed by atoms with Gasteiger partial charge in [-0.05, 0) is 30.2 Å². The number of tetrazole rings is 1. The summed E-state index contributed by atoms with van der Waals surface area (Å²) in [7, 11) is 0. The van der Waals surface area contributed by atoms with Crippen LogP contribution >= 0.6 is 11.6 Å². The lowest BCUT2D eigenvalue weighted by atomic mass is 10.1. The molecule has 2 heterocycles. The molecule has 0 saturated heterocycles. The average molecular weight is 357 g/mol. The molecule has 25 heavy (non-hydrogen) atoms. The van der Waals surface area contributed by atoms with E-state index in [1.807, 2.05) is 0 Å². The van der Waals surface area contributed by atoms with Crippen molar-refractivity contribution in [1.82, 2.24) is 30.2 Å². The first-order valence-corrected chi connectivity index (χ1v) is 8.11. The second kappa shape index (κ2) is 6.21. The Morgan fingerprint density at radius 2 is 2.04 bits per heavy atom. The lowest BCUT2D eigenvalue weighted by molar-refractivity contribution is 0.0688. The van der Waals surface area contributed by atoms with Gasteiger partial charge in [-0.15, -0.1) is 10.2 Å². The highest BCUT2D eigenvalue weighted by Gasteiger charge is 2.28. The molecule has 126 valence electrons. The summed E-state index contributed by atoms with van der Waals surface area (Å²) in [5.74, 6) is -0.0782. The van der Waals surface area contributed by atoms with Crippen LogP contribution in [-0.2, 0) is 6.54 Å². The molecule has 0 unspecified atom stereocenters. The topological polar surface area (TPSA) is 107 Å². The van der Waals surface area contributed by atoms with Gasteiger partial charge in [0.1, 0.15) is 6.54 Å². The third kappa shape index (κ3) is 3.34. The molecule has 0 bridgehead atoms. The zero-order chi connectivity index (χ0) is 17.4. The van der Waals surface area contributed by atoms with Gasteiger partial charge in [0, 0.05) is 16.5 Å². The number of halogens is 1. The third-order valence-corrected chi connectivity index (χ3v) is 4.14. The number of carbonyl (C=O) groups is 1. The van der Waals surface area contributed by atoms with Crippen molar-refractivity contribution in [3.8, 4) is 11.3 Å². The van der Waals surface area contributed by atoms with Gasteiger partial charge in [-0.25, -0.2) is 14.8 Å². The SMILES string of the molecule is O=C(O)c1ncc(-c2ccc(Cl)cc2)nc1Cn1nnc(C2CC2)n1. The van der Waals surface area contributed by atoms with Crippen LogP contribution < -0.4 is 0 Å². The molecule has 0 atom stereocenters. The second-order valence-corrected chi connectivity index (χ2v) is 6.25. The number of carboxylic acid groups (broad SMARTS) is 1. The van der Waals surface area contributed by atoms with E-state index < -0.39 is 5.97 Å². The van der Waals surface area contributed by atoms with E-state index in [9.17, 15) is 9.90 Å². The van der Waals surface area contributed by atoms with Crippen LogP contribution in [0.15, 0.2) is 30.5 Å². The number of aromatic carboxylic acids is 1. The summed E-state index contributed by atoms with van der Waals surface area (Å²) >= 11 is 5.90. The molecule has 0 radical (unpaired) electrons. The quantitative estimate of drug-likeness (QED) is 0.747. The molecule has 1 aliphatic carbocycles. The van der Waals surface area contributed by atoms with Crippen LogP contribution in [0, 0.1) is 0 Å². The summed E-state index contributed by atoms with van der Waals surface area (Å²) in [6, 6.07) is 7.08. The van der Waals surface area contributed by atoms with E-state index in [4.69, 9.17) is 11.6 Å². The number of aromatic nitrogens is 6. The van der Waals surface area contributed by atoms with E-state index in [2.05, 4.69) is 25.4 Å². The summed E-state index contributed by atoms with van der Waals surface area (Å²) in [6.07, 6.45) is 3.57. The number of hydrogen-bond acceptors (Lipinski definition) is 6. The Morgan fingerprint density at radius 1 is 1.28 bits per heavy atom. The van der Waals surface area contributed by atoms with Gasteiger partial charge in [0.05, 0.1) is 17.6 Å². The lowest BCUT2D eigenvalue weighted by Gasteiger charge is -2.07. The van der Waals surface area contributed by atoms with Gasteiger partial charge in [0.2, 0.25) is 0 Å². The molecular formula is C16H13ClN6O2. The first-order valence-electron chi connectivity index (χ1n) is 7.73. The second-order valence-electron chi connectivity index (χ2n) is 5.81. The zero-order valence-corrected chi connectivity index (χ0v) is 13.8. The highest BCUT2D eigenvalue weighted by atomic mass is 35.5. The van der Waals surface area contributed by atoms with Gasteiger partial charge >= 0.3 is 5.97 Å². The minimum Gasteiger partial charge on any atom is -0.476 e. The van der Waals surface area contributed by atoms with E-state index in [1.165, 1.54) is 11.0 Å². The number of hydrogen-bond donors (Lipinski definition) is 1. The molecule has 0 spiro atoms. The minimum absolute atomic E-state index is 0.0930. The van der Waals surface area contributed by atoms with Crippen molar-refractivity contribution in [3.63, 3.8) is 0 Å². The van der Waals surface area contributed by atoms with Crippen molar-refractivity contribution in [2.45, 2.75) is 25.3 Å². The van der Waals surface area contributed by atoms with Gasteiger partial charge in [-0.2, -0.15) is 4.80 Å². The predicted octanol–water partition coefficient (Wildman–Crippen LogP) is 2.41. The first kappa shape index (κ1) is 15.6. The van der Waals surface area contributed by atoms with Gasteiger partial charge < -0.3 is 5.11 Å². The van der Waals surface area contributed by atoms with E-state index in [0.29, 0.717) is 22.5 Å². The van der Waals surface area contributed by atoms with Crippen LogP contribution in [0.5, 0.6) is 0 Å². The highest BCUT2D eigenvalue weighted by Crippen LogP contribution is 2.37. The molecule has 1 fully saturated rings. The van der Waals surface area contributed by atoms with Gasteiger partial charge in [-0.1, -0.05) is 23.7 Å². The average Bonchev–Trinajstić information content (AvgIpc) is 3.35. The molecule has 4 rings (SSSR count). The third-order valence-electron chi connectivity index (χ3n) is 3.89. The fourth-order valence-corrected chi connectivity index (χ4v) is 2.56. The molecule has 1 saturated carbocycles. The maximum Gasteiger partial charge on any atom is 0.356 e.